The highest BCUT2D eigenvalue weighted by Crippen LogP contribution is 2.22. The van der Waals surface area contributed by atoms with E-state index in [-0.39, 0.29) is 23.3 Å². The quantitative estimate of drug-likeness (QED) is 0.575. The molecule has 0 radical (unpaired) electrons. The van der Waals surface area contributed by atoms with Crippen LogP contribution < -0.4 is 10.6 Å². The van der Waals surface area contributed by atoms with Crippen molar-refractivity contribution in [2.24, 2.45) is 0 Å². The number of nitrogens with zero attached hydrogens (tertiary/aromatic N) is 1. The maximum absolute atomic E-state index is 12.5. The first kappa shape index (κ1) is 22.8. The molecule has 0 aromatic heterocycles. The van der Waals surface area contributed by atoms with Gasteiger partial charge in [-0.15, -0.1) is 0 Å². The second-order valence-electron chi connectivity index (χ2n) is 7.25. The highest BCUT2D eigenvalue weighted by atomic mass is 32.2. The molecule has 1 amide bonds. The lowest BCUT2D eigenvalue weighted by Gasteiger charge is -2.15. The van der Waals surface area contributed by atoms with E-state index in [0.717, 1.165) is 19.3 Å². The van der Waals surface area contributed by atoms with E-state index in [9.17, 15) is 18.0 Å². The third kappa shape index (κ3) is 6.05. The van der Waals surface area contributed by atoms with E-state index in [2.05, 4.69) is 10.6 Å². The van der Waals surface area contributed by atoms with E-state index in [1.165, 1.54) is 16.4 Å². The van der Waals surface area contributed by atoms with Crippen LogP contribution in [0.1, 0.15) is 36.5 Å². The Morgan fingerprint density at radius 3 is 2.19 bits per heavy atom. The lowest BCUT2D eigenvalue weighted by molar-refractivity contribution is -0.114. The zero-order valence-corrected chi connectivity index (χ0v) is 18.3. The van der Waals surface area contributed by atoms with Crippen molar-refractivity contribution in [1.82, 2.24) is 4.31 Å². The molecule has 31 heavy (non-hydrogen) atoms. The summed E-state index contributed by atoms with van der Waals surface area (Å²) in [6.45, 7) is 3.43. The largest absolute Gasteiger partial charge is 0.462 e. The van der Waals surface area contributed by atoms with E-state index in [1.807, 2.05) is 6.92 Å². The predicted molar refractivity (Wildman–Crippen MR) is 119 cm³/mol. The number of benzene rings is 2. The lowest BCUT2D eigenvalue weighted by Crippen LogP contribution is -2.27. The number of nitrogens with one attached hydrogen (secondary N) is 2. The molecule has 1 fully saturated rings. The zero-order chi connectivity index (χ0) is 22.3. The van der Waals surface area contributed by atoms with Crippen LogP contribution in [-0.4, -0.2) is 50.8 Å². The van der Waals surface area contributed by atoms with Gasteiger partial charge in [-0.25, -0.2) is 13.2 Å². The lowest BCUT2D eigenvalue weighted by atomic mass is 10.2. The number of rotatable bonds is 9. The van der Waals surface area contributed by atoms with Gasteiger partial charge in [-0.2, -0.15) is 4.31 Å². The Bertz CT molecular complexity index is 998. The third-order valence-electron chi connectivity index (χ3n) is 4.85. The van der Waals surface area contributed by atoms with Crippen molar-refractivity contribution in [3.05, 3.63) is 54.1 Å². The molecule has 1 aliphatic heterocycles. The molecular formula is C22H27N3O5S. The average molecular weight is 446 g/mol. The van der Waals surface area contributed by atoms with Gasteiger partial charge in [0.15, 0.2) is 0 Å². The molecule has 2 aromatic rings. The number of amides is 1. The van der Waals surface area contributed by atoms with Gasteiger partial charge in [0.2, 0.25) is 15.9 Å². The van der Waals surface area contributed by atoms with Crippen molar-refractivity contribution in [3.8, 4) is 0 Å². The molecule has 9 heteroatoms. The molecule has 0 aliphatic carbocycles. The van der Waals surface area contributed by atoms with E-state index in [0.29, 0.717) is 36.6 Å². The smallest absolute Gasteiger partial charge is 0.338 e. The van der Waals surface area contributed by atoms with Crippen LogP contribution in [0.3, 0.4) is 0 Å². The SMILES string of the molecule is CCCOC(=O)c1ccc(NCC(=O)Nc2ccc(S(=O)(=O)N3CCCC3)cc2)cc1. The molecule has 166 valence electrons. The van der Waals surface area contributed by atoms with E-state index < -0.39 is 10.0 Å². The predicted octanol–water partition coefficient (Wildman–Crippen LogP) is 3.09. The Balaban J connectivity index is 1.50. The standard InChI is InChI=1S/C22H27N3O5S/c1-2-15-30-22(27)17-5-7-18(8-6-17)23-16-21(26)24-19-9-11-20(12-10-19)31(28,29)25-13-3-4-14-25/h5-12,23H,2-4,13-16H2,1H3,(H,24,26). The zero-order valence-electron chi connectivity index (χ0n) is 17.5. The van der Waals surface area contributed by atoms with Gasteiger partial charge < -0.3 is 15.4 Å². The van der Waals surface area contributed by atoms with Crippen LogP contribution in [0.4, 0.5) is 11.4 Å². The van der Waals surface area contributed by atoms with Gasteiger partial charge >= 0.3 is 5.97 Å². The van der Waals surface area contributed by atoms with Gasteiger partial charge in [0, 0.05) is 24.5 Å². The maximum Gasteiger partial charge on any atom is 0.338 e. The summed E-state index contributed by atoms with van der Waals surface area (Å²) in [5.41, 5.74) is 1.66. The van der Waals surface area contributed by atoms with Crippen molar-refractivity contribution >= 4 is 33.3 Å². The first-order chi connectivity index (χ1) is 14.9. The average Bonchev–Trinajstić information content (AvgIpc) is 3.33. The van der Waals surface area contributed by atoms with Crippen LogP contribution in [0, 0.1) is 0 Å². The highest BCUT2D eigenvalue weighted by molar-refractivity contribution is 7.89. The van der Waals surface area contributed by atoms with Gasteiger partial charge in [0.25, 0.3) is 0 Å². The molecule has 0 unspecified atom stereocenters. The molecule has 3 rings (SSSR count). The van der Waals surface area contributed by atoms with Crippen molar-refractivity contribution < 1.29 is 22.7 Å². The number of carbonyl (C=O) groups excluding carboxylic acids is 2. The Kier molecular flexibility index (Phi) is 7.64. The number of esters is 1. The number of carbonyl (C=O) groups is 2. The molecule has 8 nitrogen and oxygen atoms in total. The van der Waals surface area contributed by atoms with Gasteiger partial charge in [0.1, 0.15) is 0 Å². The molecule has 1 heterocycles. The molecule has 1 aliphatic rings. The van der Waals surface area contributed by atoms with Crippen molar-refractivity contribution in [2.45, 2.75) is 31.1 Å². The molecule has 0 saturated carbocycles. The monoisotopic (exact) mass is 445 g/mol. The van der Waals surface area contributed by atoms with E-state index >= 15 is 0 Å². The topological polar surface area (TPSA) is 105 Å². The maximum atomic E-state index is 12.5. The fourth-order valence-electron chi connectivity index (χ4n) is 3.18. The molecule has 0 bridgehead atoms. The van der Waals surface area contributed by atoms with Crippen molar-refractivity contribution in [1.29, 1.82) is 0 Å². The summed E-state index contributed by atoms with van der Waals surface area (Å²) in [5, 5.41) is 5.71. The summed E-state index contributed by atoms with van der Waals surface area (Å²) in [5.74, 6) is -0.650. The van der Waals surface area contributed by atoms with Gasteiger partial charge in [-0.3, -0.25) is 4.79 Å². The van der Waals surface area contributed by atoms with Crippen molar-refractivity contribution in [2.75, 3.05) is 36.9 Å². The molecule has 0 atom stereocenters. The highest BCUT2D eigenvalue weighted by Gasteiger charge is 2.26. The second-order valence-corrected chi connectivity index (χ2v) is 9.19. The molecule has 2 N–H and O–H groups in total. The number of anilines is 2. The third-order valence-corrected chi connectivity index (χ3v) is 6.76. The van der Waals surface area contributed by atoms with Gasteiger partial charge in [0.05, 0.1) is 23.6 Å². The molecule has 0 spiro atoms. The van der Waals surface area contributed by atoms with Crippen LogP contribution in [0.2, 0.25) is 0 Å². The minimum atomic E-state index is -3.47. The van der Waals surface area contributed by atoms with Crippen LogP contribution >= 0.6 is 0 Å². The summed E-state index contributed by atoms with van der Waals surface area (Å²) >= 11 is 0. The van der Waals surface area contributed by atoms with Crippen LogP contribution in [0.15, 0.2) is 53.4 Å². The molecule has 1 saturated heterocycles. The fraction of sp³-hybridized carbons (Fsp3) is 0.364. The Hall–Kier alpha value is -2.91. The number of ether oxygens (including phenoxy) is 1. The van der Waals surface area contributed by atoms with Gasteiger partial charge in [-0.05, 0) is 67.8 Å². The number of sulfonamides is 1. The van der Waals surface area contributed by atoms with Gasteiger partial charge in [-0.1, -0.05) is 6.92 Å². The van der Waals surface area contributed by atoms with E-state index in [1.54, 1.807) is 36.4 Å². The summed E-state index contributed by atoms with van der Waals surface area (Å²) in [6, 6.07) is 12.9. The first-order valence-electron chi connectivity index (χ1n) is 10.3. The fourth-order valence-corrected chi connectivity index (χ4v) is 4.69. The first-order valence-corrected chi connectivity index (χ1v) is 11.8. The summed E-state index contributed by atoms with van der Waals surface area (Å²) in [4.78, 5) is 24.2. The summed E-state index contributed by atoms with van der Waals surface area (Å²) < 4.78 is 31.7. The Morgan fingerprint density at radius 1 is 0.968 bits per heavy atom. The number of hydrogen-bond donors (Lipinski definition) is 2. The summed E-state index contributed by atoms with van der Waals surface area (Å²) in [7, 11) is -3.47. The van der Waals surface area contributed by atoms with Crippen LogP contribution in [0.25, 0.3) is 0 Å². The minimum absolute atomic E-state index is 0.0213. The second kappa shape index (κ2) is 10.4. The molecular weight excluding hydrogens is 418 g/mol. The number of hydrogen-bond acceptors (Lipinski definition) is 6. The van der Waals surface area contributed by atoms with E-state index in [4.69, 9.17) is 4.74 Å². The van der Waals surface area contributed by atoms with Crippen molar-refractivity contribution in [3.63, 3.8) is 0 Å². The minimum Gasteiger partial charge on any atom is -0.462 e. The van der Waals surface area contributed by atoms with Crippen LogP contribution in [-0.2, 0) is 19.6 Å². The Labute approximate surface area is 182 Å². The van der Waals surface area contributed by atoms with Crippen LogP contribution in [0.5, 0.6) is 0 Å². The summed E-state index contributed by atoms with van der Waals surface area (Å²) in [6.07, 6.45) is 2.52. The Morgan fingerprint density at radius 2 is 1.58 bits per heavy atom. The molecule has 2 aromatic carbocycles. The normalized spacial score (nSPS) is 14.2.